The lowest BCUT2D eigenvalue weighted by molar-refractivity contribution is 0.0762. The number of nitrogens with zero attached hydrogens (tertiary/aromatic N) is 4. The van der Waals surface area contributed by atoms with Gasteiger partial charge in [0.2, 0.25) is 17.0 Å². The molecule has 8 nitrogen and oxygen atoms in total. The number of nitrogens with one attached hydrogen (secondary N) is 2. The monoisotopic (exact) mass is 480 g/mol. The van der Waals surface area contributed by atoms with E-state index >= 15 is 0 Å². The minimum Gasteiger partial charge on any atom is -0.420 e. The fourth-order valence-corrected chi connectivity index (χ4v) is 5.73. The van der Waals surface area contributed by atoms with E-state index in [1.54, 1.807) is 4.90 Å². The van der Waals surface area contributed by atoms with Gasteiger partial charge in [-0.3, -0.25) is 4.79 Å². The van der Waals surface area contributed by atoms with Gasteiger partial charge >= 0.3 is 0 Å². The molecule has 3 aromatic heterocycles. The van der Waals surface area contributed by atoms with E-state index in [1.165, 1.54) is 11.3 Å². The molecule has 0 fully saturated rings. The van der Waals surface area contributed by atoms with Gasteiger partial charge in [0.15, 0.2) is 0 Å². The van der Waals surface area contributed by atoms with Crippen molar-refractivity contribution in [3.63, 3.8) is 0 Å². The quantitative estimate of drug-likeness (QED) is 0.415. The molecule has 0 unspecified atom stereocenters. The molecule has 168 valence electrons. The normalized spacial score (nSPS) is 18.1. The van der Waals surface area contributed by atoms with Gasteiger partial charge in [-0.15, -0.1) is 11.3 Å². The number of aromatic nitrogens is 3. The highest BCUT2D eigenvalue weighted by molar-refractivity contribution is 7.21. The van der Waals surface area contributed by atoms with Crippen LogP contribution < -0.4 is 15.4 Å². The van der Waals surface area contributed by atoms with Gasteiger partial charge in [-0.25, -0.2) is 9.97 Å². The van der Waals surface area contributed by atoms with Gasteiger partial charge in [0.25, 0.3) is 5.91 Å². The average Bonchev–Trinajstić information content (AvgIpc) is 3.16. The largest absolute Gasteiger partial charge is 0.420 e. The van der Waals surface area contributed by atoms with Crippen molar-refractivity contribution in [1.29, 1.82) is 0 Å². The number of amides is 1. The van der Waals surface area contributed by atoms with Crippen molar-refractivity contribution in [2.24, 2.45) is 0 Å². The highest BCUT2D eigenvalue weighted by atomic mass is 35.5. The number of ether oxygens (including phenoxy) is 1. The summed E-state index contributed by atoms with van der Waals surface area (Å²) in [6, 6.07) is 7.91. The van der Waals surface area contributed by atoms with Crippen molar-refractivity contribution in [2.45, 2.75) is 25.9 Å². The van der Waals surface area contributed by atoms with E-state index in [4.69, 9.17) is 21.3 Å². The molecule has 4 aromatic rings. The minimum atomic E-state index is 0.0452. The third kappa shape index (κ3) is 3.38. The van der Waals surface area contributed by atoms with E-state index in [0.29, 0.717) is 24.8 Å². The summed E-state index contributed by atoms with van der Waals surface area (Å²) in [6.07, 6.45) is 0.778. The molecule has 0 saturated heterocycles. The number of benzene rings is 1. The highest BCUT2D eigenvalue weighted by Crippen LogP contribution is 2.42. The third-order valence-corrected chi connectivity index (χ3v) is 7.63. The Labute approximate surface area is 198 Å². The van der Waals surface area contributed by atoms with Crippen LogP contribution in [0.3, 0.4) is 0 Å². The fraction of sp³-hybridized carbons (Fsp3) is 0.304. The molecule has 2 N–H and O–H groups in total. The van der Waals surface area contributed by atoms with Gasteiger partial charge in [0, 0.05) is 60.7 Å². The number of thiophene rings is 1. The van der Waals surface area contributed by atoms with Crippen LogP contribution in [0.5, 0.6) is 11.8 Å². The highest BCUT2D eigenvalue weighted by Gasteiger charge is 2.28. The SMILES string of the molecule is C[C@@H]1CNc2c(sc3ccc4nc(Oc5nc(Cl)nc6c5CNCC6)ccc4c23)C(=O)N1C. The summed E-state index contributed by atoms with van der Waals surface area (Å²) in [5, 5.41) is 8.98. The lowest BCUT2D eigenvalue weighted by Crippen LogP contribution is -2.36. The third-order valence-electron chi connectivity index (χ3n) is 6.32. The van der Waals surface area contributed by atoms with Crippen molar-refractivity contribution < 1.29 is 9.53 Å². The Balaban J connectivity index is 1.44. The van der Waals surface area contributed by atoms with Gasteiger partial charge in [0.05, 0.1) is 22.5 Å². The molecular weight excluding hydrogens is 460 g/mol. The van der Waals surface area contributed by atoms with E-state index in [9.17, 15) is 4.79 Å². The molecule has 0 spiro atoms. The van der Waals surface area contributed by atoms with Crippen molar-refractivity contribution >= 4 is 55.5 Å². The summed E-state index contributed by atoms with van der Waals surface area (Å²) in [5.41, 5.74) is 3.49. The molecule has 5 heterocycles. The molecule has 33 heavy (non-hydrogen) atoms. The summed E-state index contributed by atoms with van der Waals surface area (Å²) >= 11 is 7.64. The Kier molecular flexibility index (Phi) is 4.86. The van der Waals surface area contributed by atoms with Crippen LogP contribution in [0.1, 0.15) is 27.9 Å². The Bertz CT molecular complexity index is 1440. The summed E-state index contributed by atoms with van der Waals surface area (Å²) in [5.74, 6) is 0.908. The number of anilines is 1. The predicted octanol–water partition coefficient (Wildman–Crippen LogP) is 4.22. The number of hydrogen-bond donors (Lipinski definition) is 2. The smallest absolute Gasteiger partial charge is 0.266 e. The summed E-state index contributed by atoms with van der Waals surface area (Å²) < 4.78 is 7.13. The number of rotatable bonds is 2. The van der Waals surface area contributed by atoms with Crippen LogP contribution in [0.15, 0.2) is 24.3 Å². The van der Waals surface area contributed by atoms with Crippen LogP contribution in [0, 0.1) is 0 Å². The summed E-state index contributed by atoms with van der Waals surface area (Å²) in [6.45, 7) is 4.21. The van der Waals surface area contributed by atoms with Crippen molar-refractivity contribution in [3.8, 4) is 11.8 Å². The van der Waals surface area contributed by atoms with Crippen molar-refractivity contribution in [3.05, 3.63) is 45.7 Å². The first-order valence-corrected chi connectivity index (χ1v) is 12.0. The van der Waals surface area contributed by atoms with Crippen LogP contribution in [0.4, 0.5) is 5.69 Å². The molecule has 10 heteroatoms. The molecule has 1 atom stereocenters. The number of halogens is 1. The topological polar surface area (TPSA) is 92.3 Å². The zero-order valence-corrected chi connectivity index (χ0v) is 19.7. The van der Waals surface area contributed by atoms with E-state index in [0.717, 1.165) is 55.8 Å². The van der Waals surface area contributed by atoms with Gasteiger partial charge in [-0.2, -0.15) is 4.98 Å². The molecule has 0 bridgehead atoms. The number of carbonyl (C=O) groups is 1. The van der Waals surface area contributed by atoms with E-state index in [1.807, 2.05) is 38.2 Å². The molecule has 6 rings (SSSR count). The zero-order valence-electron chi connectivity index (χ0n) is 18.1. The van der Waals surface area contributed by atoms with Crippen molar-refractivity contribution in [2.75, 3.05) is 25.5 Å². The van der Waals surface area contributed by atoms with Crippen LogP contribution in [-0.4, -0.2) is 51.9 Å². The second kappa shape index (κ2) is 7.79. The molecule has 0 saturated carbocycles. The molecule has 2 aliphatic heterocycles. The van der Waals surface area contributed by atoms with E-state index in [2.05, 4.69) is 20.6 Å². The van der Waals surface area contributed by atoms with Crippen LogP contribution in [0.2, 0.25) is 5.28 Å². The molecule has 0 radical (unpaired) electrons. The maximum atomic E-state index is 13.0. The number of pyridine rings is 1. The number of likely N-dealkylation sites (N-methyl/N-ethyl adjacent to an activating group) is 1. The molecule has 2 aliphatic rings. The number of carbonyl (C=O) groups excluding carboxylic acids is 1. The van der Waals surface area contributed by atoms with Gasteiger partial charge in [0.1, 0.15) is 4.88 Å². The Morgan fingerprint density at radius 3 is 2.97 bits per heavy atom. The van der Waals surface area contributed by atoms with Crippen LogP contribution in [-0.2, 0) is 13.0 Å². The number of hydrogen-bond acceptors (Lipinski definition) is 8. The molecule has 0 aliphatic carbocycles. The fourth-order valence-electron chi connectivity index (χ4n) is 4.37. The first kappa shape index (κ1) is 20.6. The van der Waals surface area contributed by atoms with Gasteiger partial charge < -0.3 is 20.3 Å². The Morgan fingerprint density at radius 1 is 1.21 bits per heavy atom. The maximum absolute atomic E-state index is 13.0. The van der Waals surface area contributed by atoms with Crippen LogP contribution >= 0.6 is 22.9 Å². The first-order valence-electron chi connectivity index (χ1n) is 10.8. The van der Waals surface area contributed by atoms with Crippen LogP contribution in [0.25, 0.3) is 21.0 Å². The second-order valence-corrected chi connectivity index (χ2v) is 9.75. The van der Waals surface area contributed by atoms with Gasteiger partial charge in [-0.05, 0) is 36.7 Å². The molecule has 1 amide bonds. The number of fused-ring (bicyclic) bond motifs is 6. The first-order chi connectivity index (χ1) is 16.0. The average molecular weight is 481 g/mol. The van der Waals surface area contributed by atoms with Gasteiger partial charge in [-0.1, -0.05) is 0 Å². The Hall–Kier alpha value is -3.01. The maximum Gasteiger partial charge on any atom is 0.266 e. The predicted molar refractivity (Wildman–Crippen MR) is 130 cm³/mol. The van der Waals surface area contributed by atoms with E-state index < -0.39 is 0 Å². The summed E-state index contributed by atoms with van der Waals surface area (Å²) in [4.78, 5) is 28.9. The second-order valence-electron chi connectivity index (χ2n) is 8.36. The lowest BCUT2D eigenvalue weighted by Gasteiger charge is -2.21. The van der Waals surface area contributed by atoms with E-state index in [-0.39, 0.29) is 17.2 Å². The zero-order chi connectivity index (χ0) is 22.7. The Morgan fingerprint density at radius 2 is 2.09 bits per heavy atom. The molecule has 1 aromatic carbocycles. The summed E-state index contributed by atoms with van der Waals surface area (Å²) in [7, 11) is 1.85. The standard InChI is InChI=1S/C23H21ClN6O2S/c1-11-9-26-19-18-12-3-6-17(32-21-13-10-25-8-7-15(13)28-23(24)29-21)27-14(12)4-5-16(18)33-20(19)22(31)30(11)2/h3-6,11,25-26H,7-10H2,1-2H3/t11-/m1/s1. The molecular formula is C23H21ClN6O2S. The van der Waals surface area contributed by atoms with Crippen molar-refractivity contribution in [1.82, 2.24) is 25.2 Å². The lowest BCUT2D eigenvalue weighted by atomic mass is 10.1. The minimum absolute atomic E-state index is 0.0452.